The van der Waals surface area contributed by atoms with Crippen molar-refractivity contribution in [1.82, 2.24) is 10.2 Å². The van der Waals surface area contributed by atoms with Crippen molar-refractivity contribution in [3.63, 3.8) is 0 Å². The summed E-state index contributed by atoms with van der Waals surface area (Å²) < 4.78 is 31.2. The molecule has 0 aromatic heterocycles. The van der Waals surface area contributed by atoms with Crippen LogP contribution in [0.5, 0.6) is 0 Å². The van der Waals surface area contributed by atoms with E-state index in [4.69, 9.17) is 27.9 Å². The molecule has 0 bridgehead atoms. The Morgan fingerprint density at radius 2 is 1.66 bits per heavy atom. The number of hydrogen-bond acceptors (Lipinski definition) is 5. The molecule has 3 rings (SSSR count). The van der Waals surface area contributed by atoms with Crippen molar-refractivity contribution in [2.75, 3.05) is 36.9 Å². The third-order valence-electron chi connectivity index (χ3n) is 5.19. The average Bonchev–Trinajstić information content (AvgIpc) is 2.72. The molecule has 7 nitrogen and oxygen atoms in total. The van der Waals surface area contributed by atoms with E-state index in [1.54, 1.807) is 0 Å². The molecule has 1 amide bonds. The van der Waals surface area contributed by atoms with Gasteiger partial charge < -0.3 is 10.1 Å². The number of morpholine rings is 1. The zero-order valence-corrected chi connectivity index (χ0v) is 20.4. The van der Waals surface area contributed by atoms with Crippen molar-refractivity contribution in [2.45, 2.75) is 26.1 Å². The highest BCUT2D eigenvalue weighted by Crippen LogP contribution is 2.28. The highest BCUT2D eigenvalue weighted by molar-refractivity contribution is 7.92. The predicted molar refractivity (Wildman–Crippen MR) is 128 cm³/mol. The highest BCUT2D eigenvalue weighted by atomic mass is 35.5. The average molecular weight is 500 g/mol. The molecular weight excluding hydrogens is 473 g/mol. The van der Waals surface area contributed by atoms with Crippen LogP contribution in [-0.4, -0.2) is 57.8 Å². The summed E-state index contributed by atoms with van der Waals surface area (Å²) >= 11 is 12.1. The van der Waals surface area contributed by atoms with E-state index in [9.17, 15) is 13.2 Å². The number of amides is 1. The Balaban J connectivity index is 1.63. The van der Waals surface area contributed by atoms with Gasteiger partial charge in [0.25, 0.3) is 0 Å². The molecule has 10 heteroatoms. The lowest BCUT2D eigenvalue weighted by atomic mass is 10.1. The molecule has 0 spiro atoms. The number of nitrogens with one attached hydrogen (secondary N) is 1. The Kier molecular flexibility index (Phi) is 8.41. The van der Waals surface area contributed by atoms with Crippen molar-refractivity contribution < 1.29 is 17.9 Å². The number of sulfonamides is 1. The zero-order valence-electron chi connectivity index (χ0n) is 18.1. The molecule has 32 heavy (non-hydrogen) atoms. The Bertz CT molecular complexity index is 1020. The number of anilines is 1. The lowest BCUT2D eigenvalue weighted by Gasteiger charge is -2.28. The number of halogens is 2. The van der Waals surface area contributed by atoms with E-state index >= 15 is 0 Å². The summed E-state index contributed by atoms with van der Waals surface area (Å²) in [6.45, 7) is 6.03. The molecule has 1 aliphatic rings. The monoisotopic (exact) mass is 499 g/mol. The fraction of sp³-hybridized carbons (Fsp3) is 0.409. The molecule has 0 saturated carbocycles. The van der Waals surface area contributed by atoms with E-state index in [2.05, 4.69) is 10.2 Å². The number of carbonyl (C=O) groups excluding carboxylic acids is 1. The van der Waals surface area contributed by atoms with Crippen LogP contribution in [0.15, 0.2) is 42.5 Å². The molecule has 0 radical (unpaired) electrons. The molecule has 1 fully saturated rings. The minimum absolute atomic E-state index is 0.236. The molecule has 1 heterocycles. The third-order valence-corrected chi connectivity index (χ3v) is 6.87. The first-order chi connectivity index (χ1) is 15.1. The van der Waals surface area contributed by atoms with Gasteiger partial charge in [-0.15, -0.1) is 0 Å². The minimum atomic E-state index is -3.76. The van der Waals surface area contributed by atoms with Crippen LogP contribution < -0.4 is 9.62 Å². The summed E-state index contributed by atoms with van der Waals surface area (Å²) in [5.74, 6) is -0.427. The SMILES string of the molecule is C[C@H](C(=O)NCc1ccc(CN2CCOCC2)cc1)N(c1cc(Cl)cc(Cl)c1)S(C)(=O)=O. The van der Waals surface area contributed by atoms with Crippen LogP contribution in [0.25, 0.3) is 0 Å². The number of carbonyl (C=O) groups is 1. The van der Waals surface area contributed by atoms with Crippen molar-refractivity contribution in [2.24, 2.45) is 0 Å². The molecule has 2 aromatic carbocycles. The topological polar surface area (TPSA) is 79.0 Å². The highest BCUT2D eigenvalue weighted by Gasteiger charge is 2.29. The van der Waals surface area contributed by atoms with Crippen LogP contribution in [0.4, 0.5) is 5.69 Å². The van der Waals surface area contributed by atoms with Crippen molar-refractivity contribution in [3.8, 4) is 0 Å². The summed E-state index contributed by atoms with van der Waals surface area (Å²) in [6.07, 6.45) is 1.04. The van der Waals surface area contributed by atoms with Crippen LogP contribution in [0.1, 0.15) is 18.1 Å². The van der Waals surface area contributed by atoms with E-state index in [-0.39, 0.29) is 22.3 Å². The third kappa shape index (κ3) is 6.83. The van der Waals surface area contributed by atoms with Crippen LogP contribution in [0, 0.1) is 0 Å². The van der Waals surface area contributed by atoms with Crippen LogP contribution >= 0.6 is 23.2 Å². The van der Waals surface area contributed by atoms with Gasteiger partial charge in [-0.2, -0.15) is 0 Å². The van der Waals surface area contributed by atoms with Gasteiger partial charge in [0.05, 0.1) is 25.2 Å². The van der Waals surface area contributed by atoms with E-state index in [1.165, 1.54) is 30.7 Å². The Morgan fingerprint density at radius 3 is 2.22 bits per heavy atom. The number of nitrogens with zero attached hydrogens (tertiary/aromatic N) is 2. The summed E-state index contributed by atoms with van der Waals surface area (Å²) in [4.78, 5) is 15.1. The van der Waals surface area contributed by atoms with E-state index < -0.39 is 22.0 Å². The number of benzene rings is 2. The maximum absolute atomic E-state index is 12.8. The van der Waals surface area contributed by atoms with Crippen LogP contribution in [0.3, 0.4) is 0 Å². The van der Waals surface area contributed by atoms with Crippen LogP contribution in [-0.2, 0) is 32.6 Å². The first-order valence-corrected chi connectivity index (χ1v) is 12.8. The largest absolute Gasteiger partial charge is 0.379 e. The standard InChI is InChI=1S/C22H27Cl2N3O4S/c1-16(27(32(2,29)30)21-12-19(23)11-20(24)13-21)22(28)25-14-17-3-5-18(6-4-17)15-26-7-9-31-10-8-26/h3-6,11-13,16H,7-10,14-15H2,1-2H3,(H,25,28)/t16-/m1/s1. The van der Waals surface area contributed by atoms with Gasteiger partial charge in [0.15, 0.2) is 0 Å². The Morgan fingerprint density at radius 1 is 1.09 bits per heavy atom. The quantitative estimate of drug-likeness (QED) is 0.602. The lowest BCUT2D eigenvalue weighted by molar-refractivity contribution is -0.122. The fourth-order valence-electron chi connectivity index (χ4n) is 3.59. The second-order valence-corrected chi connectivity index (χ2v) is 10.5. The van der Waals surface area contributed by atoms with Crippen molar-refractivity contribution in [3.05, 3.63) is 63.6 Å². The van der Waals surface area contributed by atoms with Gasteiger partial charge in [-0.25, -0.2) is 8.42 Å². The fourth-order valence-corrected chi connectivity index (χ4v) is 5.27. The molecule has 1 saturated heterocycles. The predicted octanol–water partition coefficient (Wildman–Crippen LogP) is 3.30. The molecule has 1 N–H and O–H groups in total. The van der Waals surface area contributed by atoms with Gasteiger partial charge in [-0.05, 0) is 36.2 Å². The molecule has 0 unspecified atom stereocenters. The summed E-state index contributed by atoms with van der Waals surface area (Å²) in [6, 6.07) is 11.4. The Hall–Kier alpha value is -1.84. The lowest BCUT2D eigenvalue weighted by Crippen LogP contribution is -2.47. The normalized spacial score (nSPS) is 15.9. The van der Waals surface area contributed by atoms with E-state index in [0.717, 1.165) is 49.0 Å². The first-order valence-electron chi connectivity index (χ1n) is 10.2. The van der Waals surface area contributed by atoms with Gasteiger partial charge in [-0.3, -0.25) is 14.0 Å². The minimum Gasteiger partial charge on any atom is -0.379 e. The molecule has 0 aliphatic carbocycles. The number of rotatable bonds is 8. The van der Waals surface area contributed by atoms with Crippen LogP contribution in [0.2, 0.25) is 10.0 Å². The van der Waals surface area contributed by atoms with Gasteiger partial charge in [0.2, 0.25) is 15.9 Å². The molecule has 1 aliphatic heterocycles. The number of ether oxygens (including phenoxy) is 1. The maximum atomic E-state index is 12.8. The zero-order chi connectivity index (χ0) is 23.3. The van der Waals surface area contributed by atoms with Gasteiger partial charge >= 0.3 is 0 Å². The van der Waals surface area contributed by atoms with Gasteiger partial charge in [0, 0.05) is 36.2 Å². The first kappa shape index (κ1) is 24.8. The van der Waals surface area contributed by atoms with E-state index in [0.29, 0.717) is 0 Å². The van der Waals surface area contributed by atoms with Crippen molar-refractivity contribution >= 4 is 44.8 Å². The second-order valence-electron chi connectivity index (χ2n) is 7.79. The van der Waals surface area contributed by atoms with Crippen molar-refractivity contribution in [1.29, 1.82) is 0 Å². The second kappa shape index (κ2) is 10.9. The molecule has 1 atom stereocenters. The summed E-state index contributed by atoms with van der Waals surface area (Å²) in [5, 5.41) is 3.38. The smallest absolute Gasteiger partial charge is 0.243 e. The molecule has 174 valence electrons. The molecule has 2 aromatic rings. The van der Waals surface area contributed by atoms with Gasteiger partial charge in [0.1, 0.15) is 6.04 Å². The van der Waals surface area contributed by atoms with E-state index in [1.807, 2.05) is 24.3 Å². The summed E-state index contributed by atoms with van der Waals surface area (Å²) in [5.41, 5.74) is 2.35. The Labute approximate surface area is 199 Å². The maximum Gasteiger partial charge on any atom is 0.243 e. The van der Waals surface area contributed by atoms with Gasteiger partial charge in [-0.1, -0.05) is 47.5 Å². The number of hydrogen-bond donors (Lipinski definition) is 1. The molecular formula is C22H27Cl2N3O4S. The summed E-state index contributed by atoms with van der Waals surface area (Å²) in [7, 11) is -3.76.